The Balaban J connectivity index is 3.02. The fraction of sp³-hybridized carbons (Fsp3) is 0.455. The molecule has 0 amide bonds. The topological polar surface area (TPSA) is 38.7 Å². The first-order valence-corrected chi connectivity index (χ1v) is 5.07. The van der Waals surface area contributed by atoms with E-state index in [4.69, 9.17) is 21.1 Å². The quantitative estimate of drug-likeness (QED) is 0.808. The maximum absolute atomic E-state index is 9.75. The molecular weight excluding hydrogens is 216 g/mol. The van der Waals surface area contributed by atoms with Gasteiger partial charge >= 0.3 is 0 Å². The largest absolute Gasteiger partial charge is 0.493 e. The molecule has 3 nitrogen and oxygen atoms in total. The van der Waals surface area contributed by atoms with Crippen LogP contribution in [0.25, 0.3) is 0 Å². The molecule has 1 aromatic carbocycles. The van der Waals surface area contributed by atoms with Crippen LogP contribution >= 0.6 is 11.6 Å². The van der Waals surface area contributed by atoms with Gasteiger partial charge in [-0.25, -0.2) is 0 Å². The van der Waals surface area contributed by atoms with Crippen molar-refractivity contribution in [3.63, 3.8) is 0 Å². The van der Waals surface area contributed by atoms with Crippen molar-refractivity contribution in [1.82, 2.24) is 0 Å². The van der Waals surface area contributed by atoms with Crippen LogP contribution in [0.4, 0.5) is 0 Å². The fourth-order valence-electron chi connectivity index (χ4n) is 1.30. The zero-order valence-corrected chi connectivity index (χ0v) is 9.78. The molecular formula is C11H15ClO3. The van der Waals surface area contributed by atoms with Gasteiger partial charge in [0, 0.05) is 0 Å². The van der Waals surface area contributed by atoms with Crippen LogP contribution in [0.5, 0.6) is 11.5 Å². The number of hydrogen-bond acceptors (Lipinski definition) is 3. The van der Waals surface area contributed by atoms with Crippen LogP contribution in [0.2, 0.25) is 0 Å². The first-order chi connectivity index (χ1) is 7.10. The number of rotatable bonds is 4. The van der Waals surface area contributed by atoms with Gasteiger partial charge in [-0.3, -0.25) is 0 Å². The minimum Gasteiger partial charge on any atom is -0.493 e. The van der Waals surface area contributed by atoms with Gasteiger partial charge in [0.05, 0.1) is 25.7 Å². The van der Waals surface area contributed by atoms with E-state index in [9.17, 15) is 5.11 Å². The third-order valence-electron chi connectivity index (χ3n) is 2.18. The van der Waals surface area contributed by atoms with Crippen LogP contribution in [-0.4, -0.2) is 24.7 Å². The van der Waals surface area contributed by atoms with Gasteiger partial charge in [0.15, 0.2) is 11.5 Å². The van der Waals surface area contributed by atoms with E-state index in [2.05, 4.69) is 0 Å². The van der Waals surface area contributed by atoms with E-state index in [0.717, 1.165) is 5.56 Å². The van der Waals surface area contributed by atoms with Crippen molar-refractivity contribution in [2.75, 3.05) is 14.2 Å². The van der Waals surface area contributed by atoms with Crippen molar-refractivity contribution in [2.24, 2.45) is 0 Å². The van der Waals surface area contributed by atoms with E-state index in [-0.39, 0.29) is 5.38 Å². The Morgan fingerprint density at radius 1 is 1.20 bits per heavy atom. The molecule has 2 unspecified atom stereocenters. The van der Waals surface area contributed by atoms with Gasteiger partial charge in [0.2, 0.25) is 0 Å². The van der Waals surface area contributed by atoms with Crippen LogP contribution in [0.3, 0.4) is 0 Å². The van der Waals surface area contributed by atoms with Gasteiger partial charge in [-0.15, -0.1) is 11.6 Å². The van der Waals surface area contributed by atoms with Crippen LogP contribution in [0, 0.1) is 0 Å². The number of methoxy groups -OCH3 is 2. The highest BCUT2D eigenvalue weighted by Crippen LogP contribution is 2.31. The Kier molecular flexibility index (Phi) is 4.24. The molecule has 0 spiro atoms. The molecule has 0 fully saturated rings. The van der Waals surface area contributed by atoms with Crippen molar-refractivity contribution in [3.8, 4) is 11.5 Å². The molecule has 2 atom stereocenters. The molecule has 1 rings (SSSR count). The van der Waals surface area contributed by atoms with Crippen LogP contribution in [0.1, 0.15) is 18.6 Å². The average molecular weight is 231 g/mol. The molecule has 0 bridgehead atoms. The van der Waals surface area contributed by atoms with E-state index in [0.29, 0.717) is 11.5 Å². The van der Waals surface area contributed by atoms with Crippen molar-refractivity contribution < 1.29 is 14.6 Å². The number of ether oxygens (including phenoxy) is 2. The van der Waals surface area contributed by atoms with Crippen molar-refractivity contribution in [3.05, 3.63) is 23.8 Å². The predicted octanol–water partition coefficient (Wildman–Crippen LogP) is 2.36. The molecule has 0 saturated heterocycles. The number of hydrogen-bond donors (Lipinski definition) is 1. The second-order valence-corrected chi connectivity index (χ2v) is 3.93. The molecule has 4 heteroatoms. The lowest BCUT2D eigenvalue weighted by atomic mass is 10.1. The average Bonchev–Trinajstić information content (AvgIpc) is 2.26. The third-order valence-corrected chi connectivity index (χ3v) is 2.42. The van der Waals surface area contributed by atoms with Gasteiger partial charge in [0.1, 0.15) is 0 Å². The first kappa shape index (κ1) is 12.1. The summed E-state index contributed by atoms with van der Waals surface area (Å²) in [6.45, 7) is 1.74. The molecule has 0 heterocycles. The minimum atomic E-state index is -0.702. The lowest BCUT2D eigenvalue weighted by Crippen LogP contribution is -2.08. The molecule has 0 aliphatic carbocycles. The summed E-state index contributed by atoms with van der Waals surface area (Å²) in [7, 11) is 3.12. The maximum Gasteiger partial charge on any atom is 0.161 e. The molecule has 0 aliphatic heterocycles. The van der Waals surface area contributed by atoms with Gasteiger partial charge in [0.25, 0.3) is 0 Å². The van der Waals surface area contributed by atoms with Crippen LogP contribution in [-0.2, 0) is 0 Å². The number of benzene rings is 1. The molecule has 1 N–H and O–H groups in total. The summed E-state index contributed by atoms with van der Waals surface area (Å²) in [4.78, 5) is 0. The Bertz CT molecular complexity index is 326. The Morgan fingerprint density at radius 3 is 2.27 bits per heavy atom. The summed E-state index contributed by atoms with van der Waals surface area (Å²) in [5.41, 5.74) is 0.718. The molecule has 0 aromatic heterocycles. The van der Waals surface area contributed by atoms with E-state index < -0.39 is 6.10 Å². The lowest BCUT2D eigenvalue weighted by molar-refractivity contribution is 0.176. The summed E-state index contributed by atoms with van der Waals surface area (Å²) in [5, 5.41) is 9.41. The van der Waals surface area contributed by atoms with E-state index in [1.165, 1.54) is 0 Å². The molecule has 1 aromatic rings. The van der Waals surface area contributed by atoms with Gasteiger partial charge in [-0.1, -0.05) is 6.07 Å². The summed E-state index contributed by atoms with van der Waals surface area (Å²) < 4.78 is 10.2. The molecule has 15 heavy (non-hydrogen) atoms. The summed E-state index contributed by atoms with van der Waals surface area (Å²) in [5.74, 6) is 1.22. The van der Waals surface area contributed by atoms with Crippen LogP contribution < -0.4 is 9.47 Å². The van der Waals surface area contributed by atoms with Gasteiger partial charge < -0.3 is 14.6 Å². The summed E-state index contributed by atoms with van der Waals surface area (Å²) in [6.07, 6.45) is -0.702. The number of aliphatic hydroxyl groups is 1. The highest BCUT2D eigenvalue weighted by Gasteiger charge is 2.15. The van der Waals surface area contributed by atoms with E-state index in [1.807, 2.05) is 0 Å². The second-order valence-electron chi connectivity index (χ2n) is 3.24. The SMILES string of the molecule is COc1ccc(C(O)C(C)Cl)cc1OC. The minimum absolute atomic E-state index is 0.344. The Labute approximate surface area is 94.6 Å². The van der Waals surface area contributed by atoms with Gasteiger partial charge in [-0.2, -0.15) is 0 Å². The molecule has 0 saturated carbocycles. The fourth-order valence-corrected chi connectivity index (χ4v) is 1.45. The predicted molar refractivity (Wildman–Crippen MR) is 59.8 cm³/mol. The van der Waals surface area contributed by atoms with Crippen molar-refractivity contribution in [2.45, 2.75) is 18.4 Å². The number of aliphatic hydroxyl groups excluding tert-OH is 1. The molecule has 0 radical (unpaired) electrons. The molecule has 84 valence electrons. The smallest absolute Gasteiger partial charge is 0.161 e. The highest BCUT2D eigenvalue weighted by molar-refractivity contribution is 6.20. The Morgan fingerprint density at radius 2 is 1.80 bits per heavy atom. The molecule has 0 aliphatic rings. The lowest BCUT2D eigenvalue weighted by Gasteiger charge is -2.15. The number of alkyl halides is 1. The third kappa shape index (κ3) is 2.76. The van der Waals surface area contributed by atoms with Gasteiger partial charge in [-0.05, 0) is 24.6 Å². The highest BCUT2D eigenvalue weighted by atomic mass is 35.5. The second kappa shape index (κ2) is 5.24. The van der Waals surface area contributed by atoms with E-state index >= 15 is 0 Å². The zero-order chi connectivity index (χ0) is 11.4. The van der Waals surface area contributed by atoms with Crippen LogP contribution in [0.15, 0.2) is 18.2 Å². The van der Waals surface area contributed by atoms with E-state index in [1.54, 1.807) is 39.3 Å². The standard InChI is InChI=1S/C11H15ClO3/c1-7(12)11(13)8-4-5-9(14-2)10(6-8)15-3/h4-7,11,13H,1-3H3. The van der Waals surface area contributed by atoms with Crippen molar-refractivity contribution in [1.29, 1.82) is 0 Å². The van der Waals surface area contributed by atoms with Crippen molar-refractivity contribution >= 4 is 11.6 Å². The first-order valence-electron chi connectivity index (χ1n) is 4.64. The maximum atomic E-state index is 9.75. The normalized spacial score (nSPS) is 14.5. The number of halogens is 1. The summed E-state index contributed by atoms with van der Waals surface area (Å²) >= 11 is 5.81. The Hall–Kier alpha value is -0.930. The summed E-state index contributed by atoms with van der Waals surface area (Å²) in [6, 6.07) is 5.24. The monoisotopic (exact) mass is 230 g/mol. The zero-order valence-electron chi connectivity index (χ0n) is 9.03.